The van der Waals surface area contributed by atoms with E-state index in [1.165, 1.54) is 12.5 Å². The fourth-order valence-corrected chi connectivity index (χ4v) is 16.7. The summed E-state index contributed by atoms with van der Waals surface area (Å²) in [5, 5.41) is 90.7. The van der Waals surface area contributed by atoms with Gasteiger partial charge in [-0.2, -0.15) is 16.8 Å². The summed E-state index contributed by atoms with van der Waals surface area (Å²) < 4.78 is 133. The van der Waals surface area contributed by atoms with E-state index < -0.39 is 197 Å². The number of hydrogen-bond donors (Lipinski definition) is 10. The van der Waals surface area contributed by atoms with Crippen LogP contribution in [0.3, 0.4) is 0 Å². The number of rotatable bonds is 19. The Hall–Kier alpha value is -2.32. The van der Waals surface area contributed by atoms with E-state index in [4.69, 9.17) is 51.9 Å². The molecule has 0 bridgehead atoms. The van der Waals surface area contributed by atoms with E-state index in [1.807, 2.05) is 13.8 Å². The number of methoxy groups -OCH3 is 1. The number of Topliss-reactive ketones (excluding diaryl/α,β-unsaturated/α-hetero) is 1. The van der Waals surface area contributed by atoms with Crippen LogP contribution in [-0.4, -0.2) is 234 Å². The molecule has 8 fully saturated rings. The van der Waals surface area contributed by atoms with Crippen LogP contribution in [0.2, 0.25) is 0 Å². The smallest absolute Gasteiger partial charge is 0.397 e. The first-order valence-electron chi connectivity index (χ1n) is 28.6. The van der Waals surface area contributed by atoms with Gasteiger partial charge in [-0.05, 0) is 100 Å². The quantitative estimate of drug-likeness (QED) is 0.0335. The number of ether oxygens (including phenoxy) is 10. The zero-order valence-corrected chi connectivity index (χ0v) is 49.8. The van der Waals surface area contributed by atoms with Gasteiger partial charge >= 0.3 is 26.8 Å². The van der Waals surface area contributed by atoms with Crippen LogP contribution in [0.4, 0.5) is 0 Å². The highest BCUT2D eigenvalue weighted by Crippen LogP contribution is 2.75. The molecule has 1 spiro atoms. The van der Waals surface area contributed by atoms with Crippen molar-refractivity contribution in [3.8, 4) is 0 Å². The fraction of sp³-hybridized carbons (Fsp3) is 0.889. The van der Waals surface area contributed by atoms with E-state index in [0.29, 0.717) is 38.5 Å². The lowest BCUT2D eigenvalue weighted by Gasteiger charge is -2.63. The van der Waals surface area contributed by atoms with Crippen LogP contribution in [0.5, 0.6) is 0 Å². The van der Waals surface area contributed by atoms with Crippen LogP contribution in [-0.2, 0) is 86.1 Å². The van der Waals surface area contributed by atoms with Gasteiger partial charge in [0.05, 0.1) is 43.4 Å². The molecule has 9 rings (SSSR count). The molecule has 0 radical (unpaired) electrons. The Labute approximate surface area is 487 Å². The van der Waals surface area contributed by atoms with Crippen LogP contribution >= 0.6 is 0 Å². The highest BCUT2D eigenvalue weighted by Gasteiger charge is 2.79. The Kier molecular flexibility index (Phi) is 19.0. The van der Waals surface area contributed by atoms with Gasteiger partial charge in [-0.15, -0.1) is 6.58 Å². The Bertz CT molecular complexity index is 2690. The van der Waals surface area contributed by atoms with Crippen LogP contribution < -0.4 is 0 Å². The number of allylic oxidation sites excluding steroid dienone is 3. The molecule has 27 atom stereocenters. The van der Waals surface area contributed by atoms with Crippen molar-refractivity contribution in [1.82, 2.24) is 0 Å². The summed E-state index contributed by atoms with van der Waals surface area (Å²) in [6.45, 7) is 15.1. The molecule has 4 aliphatic carbocycles. The standard InChI is InChI=1S/C54H84O28S2/c1-23(2)11-10-16-53(8)44-27(55)19-52(7)26-12-13-31-50(4,5)32(15-17-51(31,6)25(26)14-18-54(44,52)49(64)82-53)78-48-43(33(57)28(56)20-72-48)81-47-39(63)42(35(59)30(77-47)22-74-84(68,69)70)80-45-37(61)36(60)40(24(3)75-45)79-46-38(62)41(71-9)34(58)29(76-46)21-73-83(65,66)67/h14,24,26,28-48,56-63H,1,10-13,15-22H2,2-9H3,(H,65,66,67)(H,68,69,70)/t24?,26?,28?,29?,30?,31?,32?,33?,34?,35?,36?,37?,38?,39?,40?,41?,42?,43?,44?,45?,46?,47?,48?,51-,52+,53+,54-/m1/s1. The zero-order valence-electron chi connectivity index (χ0n) is 48.2. The van der Waals surface area contributed by atoms with Gasteiger partial charge in [0.1, 0.15) is 96.8 Å². The molecule has 9 aliphatic rings. The lowest BCUT2D eigenvalue weighted by Crippen LogP contribution is -2.67. The predicted molar refractivity (Wildman–Crippen MR) is 282 cm³/mol. The number of esters is 1. The summed E-state index contributed by atoms with van der Waals surface area (Å²) in [5.74, 6) is -0.925. The monoisotopic (exact) mass is 1240 g/mol. The first-order valence-corrected chi connectivity index (χ1v) is 31.3. The van der Waals surface area contributed by atoms with Gasteiger partial charge in [0.25, 0.3) is 0 Å². The van der Waals surface area contributed by atoms with Crippen LogP contribution in [0.25, 0.3) is 0 Å². The maximum atomic E-state index is 14.4. The number of cyclic esters (lactones) is 1. The zero-order chi connectivity index (χ0) is 61.8. The second kappa shape index (κ2) is 24.1. The molecule has 0 aromatic rings. The molecular weight excluding hydrogens is 1160 g/mol. The van der Waals surface area contributed by atoms with E-state index in [-0.39, 0.29) is 30.0 Å². The first kappa shape index (κ1) is 66.1. The van der Waals surface area contributed by atoms with Gasteiger partial charge < -0.3 is 88.2 Å². The molecular formula is C54H84O28S2. The summed E-state index contributed by atoms with van der Waals surface area (Å²) in [6, 6.07) is 0. The molecule has 5 heterocycles. The summed E-state index contributed by atoms with van der Waals surface area (Å²) in [4.78, 5) is 28.7. The summed E-state index contributed by atoms with van der Waals surface area (Å²) >= 11 is 0. The number of hydrogen-bond acceptors (Lipinski definition) is 26. The second-order valence-corrected chi connectivity index (χ2v) is 28.0. The Morgan fingerprint density at radius 3 is 1.87 bits per heavy atom. The fourth-order valence-electron chi connectivity index (χ4n) is 16.1. The normalized spacial score (nSPS) is 48.5. The third-order valence-corrected chi connectivity index (χ3v) is 21.1. The molecule has 10 N–H and O–H groups in total. The summed E-state index contributed by atoms with van der Waals surface area (Å²) in [5.41, 5.74) is -1.43. The summed E-state index contributed by atoms with van der Waals surface area (Å²) in [7, 11) is -9.14. The lowest BCUT2D eigenvalue weighted by atomic mass is 9.41. The van der Waals surface area contributed by atoms with Gasteiger partial charge in [0.15, 0.2) is 25.2 Å². The van der Waals surface area contributed by atoms with E-state index >= 15 is 0 Å². The minimum absolute atomic E-state index is 0.0256. The number of carbonyl (C=O) groups is 2. The van der Waals surface area contributed by atoms with Gasteiger partial charge in [-0.25, -0.2) is 8.37 Å². The SMILES string of the molecule is C=C(C)CCC[C@]1(C)OC(=O)[C@]23CC=C4C(CCC5C(C)(C)C(OC6OCC(O)C(O)C6OC6OC(COS(=O)(=O)O)C(O)C(OC7OC(C)C(OC8OC(COS(=O)(=O)O)C(O)C(OC)C8O)C(O)C7O)C6O)CC[C@]45C)[C@]2(C)CC(=O)C31. The van der Waals surface area contributed by atoms with Crippen molar-refractivity contribution in [3.63, 3.8) is 0 Å². The van der Waals surface area contributed by atoms with Gasteiger partial charge in [0.2, 0.25) is 0 Å². The van der Waals surface area contributed by atoms with Crippen molar-refractivity contribution in [3.05, 3.63) is 23.8 Å². The third kappa shape index (κ3) is 11.9. The number of aliphatic hydroxyl groups is 8. The van der Waals surface area contributed by atoms with Crippen molar-refractivity contribution in [2.45, 2.75) is 235 Å². The Balaban J connectivity index is 0.906. The van der Waals surface area contributed by atoms with Gasteiger partial charge in [-0.3, -0.25) is 18.7 Å². The Morgan fingerprint density at radius 1 is 0.702 bits per heavy atom. The highest BCUT2D eigenvalue weighted by molar-refractivity contribution is 7.81. The third-order valence-electron chi connectivity index (χ3n) is 20.3. The number of aliphatic hydroxyl groups excluding tert-OH is 8. The summed E-state index contributed by atoms with van der Waals surface area (Å²) in [6.07, 6.45) is -27.6. The van der Waals surface area contributed by atoms with E-state index in [9.17, 15) is 71.8 Å². The predicted octanol–water partition coefficient (Wildman–Crippen LogP) is -0.555. The van der Waals surface area contributed by atoms with Gasteiger partial charge in [-0.1, -0.05) is 44.9 Å². The lowest BCUT2D eigenvalue weighted by molar-refractivity contribution is -0.390. The molecule has 0 aromatic carbocycles. The van der Waals surface area contributed by atoms with Crippen LogP contribution in [0, 0.1) is 39.4 Å². The largest absolute Gasteiger partial charge is 0.458 e. The molecule has 0 aromatic heterocycles. The highest BCUT2D eigenvalue weighted by atomic mass is 32.3. The van der Waals surface area contributed by atoms with E-state index in [0.717, 1.165) is 25.5 Å². The van der Waals surface area contributed by atoms with Crippen molar-refractivity contribution < 1.29 is 132 Å². The Morgan fingerprint density at radius 2 is 1.27 bits per heavy atom. The molecule has 23 unspecified atom stereocenters. The molecule has 480 valence electrons. The van der Waals surface area contributed by atoms with E-state index in [1.54, 1.807) is 0 Å². The maximum absolute atomic E-state index is 14.4. The number of ketones is 1. The molecule has 0 amide bonds. The van der Waals surface area contributed by atoms with Crippen molar-refractivity contribution in [1.29, 1.82) is 0 Å². The average molecular weight is 1250 g/mol. The molecule has 30 heteroatoms. The number of fused-ring (bicyclic) bond motifs is 4. The van der Waals surface area contributed by atoms with Crippen LogP contribution in [0.1, 0.15) is 106 Å². The maximum Gasteiger partial charge on any atom is 0.397 e. The van der Waals surface area contributed by atoms with Gasteiger partial charge in [0, 0.05) is 13.5 Å². The van der Waals surface area contributed by atoms with Crippen molar-refractivity contribution in [2.24, 2.45) is 39.4 Å². The number of carbonyl (C=O) groups excluding carboxylic acids is 2. The molecule has 3 saturated carbocycles. The molecule has 84 heavy (non-hydrogen) atoms. The topological polar surface area (TPSA) is 415 Å². The second-order valence-electron chi connectivity index (χ2n) is 25.9. The van der Waals surface area contributed by atoms with Crippen molar-refractivity contribution in [2.75, 3.05) is 26.9 Å². The van der Waals surface area contributed by atoms with Crippen LogP contribution in [0.15, 0.2) is 23.8 Å². The van der Waals surface area contributed by atoms with E-state index in [2.05, 4.69) is 48.7 Å². The first-order chi connectivity index (χ1) is 39.0. The van der Waals surface area contributed by atoms with Crippen molar-refractivity contribution >= 4 is 32.6 Å². The molecule has 28 nitrogen and oxygen atoms in total. The molecule has 5 aliphatic heterocycles. The average Bonchev–Trinajstić information content (AvgIpc) is 1.46. The minimum Gasteiger partial charge on any atom is -0.458 e. The molecule has 5 saturated heterocycles. The minimum atomic E-state index is -5.21.